The molecule has 0 spiro atoms. The van der Waals surface area contributed by atoms with Crippen molar-refractivity contribution < 1.29 is 4.79 Å². The van der Waals surface area contributed by atoms with E-state index >= 15 is 0 Å². The van der Waals surface area contributed by atoms with Crippen LogP contribution < -0.4 is 0 Å². The van der Waals surface area contributed by atoms with Gasteiger partial charge in [0.05, 0.1) is 6.54 Å². The van der Waals surface area contributed by atoms with Gasteiger partial charge in [0.15, 0.2) is 0 Å². The molecule has 1 amide bonds. The molecule has 0 atom stereocenters. The minimum atomic E-state index is 0.135. The molecule has 2 aromatic rings. The Morgan fingerprint density at radius 1 is 1.14 bits per heavy atom. The van der Waals surface area contributed by atoms with E-state index in [0.717, 1.165) is 13.1 Å². The Morgan fingerprint density at radius 2 is 1.86 bits per heavy atom. The lowest BCUT2D eigenvalue weighted by Crippen LogP contribution is -2.32. The number of hydrogen-bond acceptors (Lipinski definition) is 1. The minimum Gasteiger partial charge on any atom is -0.345 e. The zero-order chi connectivity index (χ0) is 15.2. The standard InChI is InChI=1S/C18H24N2O/c1-15(2)12-20(16(3)21)14-18-10-7-11-19(18)13-17-8-5-4-6-9-17/h4-11,15H,12-14H2,1-3H3. The van der Waals surface area contributed by atoms with Gasteiger partial charge in [-0.1, -0.05) is 44.2 Å². The van der Waals surface area contributed by atoms with Crippen LogP contribution in [-0.4, -0.2) is 21.9 Å². The molecule has 1 heterocycles. The van der Waals surface area contributed by atoms with Crippen LogP contribution in [0.2, 0.25) is 0 Å². The van der Waals surface area contributed by atoms with Crippen molar-refractivity contribution in [3.63, 3.8) is 0 Å². The van der Waals surface area contributed by atoms with E-state index in [1.807, 2.05) is 17.0 Å². The van der Waals surface area contributed by atoms with Crippen molar-refractivity contribution in [2.75, 3.05) is 6.54 Å². The van der Waals surface area contributed by atoms with Crippen LogP contribution in [0, 0.1) is 5.92 Å². The van der Waals surface area contributed by atoms with Gasteiger partial charge >= 0.3 is 0 Å². The number of hydrogen-bond donors (Lipinski definition) is 0. The first-order valence-electron chi connectivity index (χ1n) is 7.49. The van der Waals surface area contributed by atoms with Gasteiger partial charge < -0.3 is 9.47 Å². The smallest absolute Gasteiger partial charge is 0.219 e. The van der Waals surface area contributed by atoms with Crippen molar-refractivity contribution in [1.29, 1.82) is 0 Å². The molecule has 1 aromatic heterocycles. The maximum atomic E-state index is 11.8. The fourth-order valence-electron chi connectivity index (χ4n) is 2.47. The number of rotatable bonds is 6. The number of nitrogens with zero attached hydrogens (tertiary/aromatic N) is 2. The van der Waals surface area contributed by atoms with Gasteiger partial charge in [-0.15, -0.1) is 0 Å². The molecule has 3 heteroatoms. The number of benzene rings is 1. The summed E-state index contributed by atoms with van der Waals surface area (Å²) in [6.45, 7) is 8.24. The predicted molar refractivity (Wildman–Crippen MR) is 85.9 cm³/mol. The van der Waals surface area contributed by atoms with Crippen LogP contribution in [0.5, 0.6) is 0 Å². The van der Waals surface area contributed by atoms with Crippen LogP contribution in [0.1, 0.15) is 32.0 Å². The van der Waals surface area contributed by atoms with Gasteiger partial charge in [0.1, 0.15) is 0 Å². The lowest BCUT2D eigenvalue weighted by Gasteiger charge is -2.24. The van der Waals surface area contributed by atoms with E-state index in [9.17, 15) is 4.79 Å². The van der Waals surface area contributed by atoms with Crippen LogP contribution in [0.15, 0.2) is 48.7 Å². The van der Waals surface area contributed by atoms with Crippen molar-refractivity contribution in [2.45, 2.75) is 33.9 Å². The molecule has 0 aliphatic carbocycles. The van der Waals surface area contributed by atoms with Crippen LogP contribution >= 0.6 is 0 Å². The first-order valence-corrected chi connectivity index (χ1v) is 7.49. The lowest BCUT2D eigenvalue weighted by atomic mass is 10.2. The molecule has 21 heavy (non-hydrogen) atoms. The number of carbonyl (C=O) groups is 1. The summed E-state index contributed by atoms with van der Waals surface area (Å²) in [4.78, 5) is 13.7. The van der Waals surface area contributed by atoms with Crippen LogP contribution in [0.4, 0.5) is 0 Å². The average molecular weight is 284 g/mol. The monoisotopic (exact) mass is 284 g/mol. The van der Waals surface area contributed by atoms with Gasteiger partial charge in [-0.05, 0) is 23.6 Å². The molecular weight excluding hydrogens is 260 g/mol. The summed E-state index contributed by atoms with van der Waals surface area (Å²) >= 11 is 0. The summed E-state index contributed by atoms with van der Waals surface area (Å²) in [5.41, 5.74) is 2.45. The third-order valence-corrected chi connectivity index (χ3v) is 3.50. The number of aromatic nitrogens is 1. The van der Waals surface area contributed by atoms with E-state index in [2.05, 4.69) is 54.9 Å². The maximum absolute atomic E-state index is 11.8. The Bertz CT molecular complexity index is 572. The Balaban J connectivity index is 2.10. The first kappa shape index (κ1) is 15.4. The molecule has 112 valence electrons. The zero-order valence-electron chi connectivity index (χ0n) is 13.1. The topological polar surface area (TPSA) is 25.2 Å². The van der Waals surface area contributed by atoms with Gasteiger partial charge in [-0.2, -0.15) is 0 Å². The predicted octanol–water partition coefficient (Wildman–Crippen LogP) is 3.54. The van der Waals surface area contributed by atoms with E-state index < -0.39 is 0 Å². The summed E-state index contributed by atoms with van der Waals surface area (Å²) in [6, 6.07) is 14.5. The lowest BCUT2D eigenvalue weighted by molar-refractivity contribution is -0.130. The normalized spacial score (nSPS) is 10.9. The number of carbonyl (C=O) groups excluding carboxylic acids is 1. The Labute approximate surface area is 127 Å². The van der Waals surface area contributed by atoms with Gasteiger partial charge in [0.25, 0.3) is 0 Å². The van der Waals surface area contributed by atoms with E-state index in [0.29, 0.717) is 12.5 Å². The zero-order valence-corrected chi connectivity index (χ0v) is 13.1. The van der Waals surface area contributed by atoms with Crippen molar-refractivity contribution in [1.82, 2.24) is 9.47 Å². The highest BCUT2D eigenvalue weighted by atomic mass is 16.2. The summed E-state index contributed by atoms with van der Waals surface area (Å²) in [5, 5.41) is 0. The summed E-state index contributed by atoms with van der Waals surface area (Å²) in [7, 11) is 0. The van der Waals surface area contributed by atoms with Gasteiger partial charge in [0, 0.05) is 31.9 Å². The largest absolute Gasteiger partial charge is 0.345 e. The Kier molecular flexibility index (Phi) is 5.20. The van der Waals surface area contributed by atoms with E-state index in [1.54, 1.807) is 6.92 Å². The quantitative estimate of drug-likeness (QED) is 0.796. The van der Waals surface area contributed by atoms with Gasteiger partial charge in [0.2, 0.25) is 5.91 Å². The molecule has 0 aliphatic rings. The SMILES string of the molecule is CC(=O)N(Cc1cccn1Cc1ccccc1)CC(C)C. The fourth-order valence-corrected chi connectivity index (χ4v) is 2.47. The molecule has 0 radical (unpaired) electrons. The second-order valence-electron chi connectivity index (χ2n) is 5.91. The van der Waals surface area contributed by atoms with Crippen molar-refractivity contribution in [3.05, 3.63) is 59.9 Å². The highest BCUT2D eigenvalue weighted by Crippen LogP contribution is 2.12. The fraction of sp³-hybridized carbons (Fsp3) is 0.389. The summed E-state index contributed by atoms with van der Waals surface area (Å²) in [6.07, 6.45) is 2.08. The van der Waals surface area contributed by atoms with Gasteiger partial charge in [-0.25, -0.2) is 0 Å². The number of amides is 1. The van der Waals surface area contributed by atoms with E-state index in [1.165, 1.54) is 11.3 Å². The molecule has 3 nitrogen and oxygen atoms in total. The molecule has 0 unspecified atom stereocenters. The van der Waals surface area contributed by atoms with Crippen molar-refractivity contribution in [3.8, 4) is 0 Å². The van der Waals surface area contributed by atoms with Crippen molar-refractivity contribution in [2.24, 2.45) is 5.92 Å². The minimum absolute atomic E-state index is 0.135. The van der Waals surface area contributed by atoms with Crippen molar-refractivity contribution >= 4 is 5.91 Å². The molecule has 2 rings (SSSR count). The van der Waals surface area contributed by atoms with Crippen LogP contribution in [0.25, 0.3) is 0 Å². The highest BCUT2D eigenvalue weighted by Gasteiger charge is 2.13. The third-order valence-electron chi connectivity index (χ3n) is 3.50. The second-order valence-corrected chi connectivity index (χ2v) is 5.91. The molecule has 0 saturated carbocycles. The van der Waals surface area contributed by atoms with Crippen LogP contribution in [0.3, 0.4) is 0 Å². The van der Waals surface area contributed by atoms with Crippen LogP contribution in [-0.2, 0) is 17.9 Å². The van der Waals surface area contributed by atoms with E-state index in [4.69, 9.17) is 0 Å². The Hall–Kier alpha value is -2.03. The highest BCUT2D eigenvalue weighted by molar-refractivity contribution is 5.73. The molecule has 0 bridgehead atoms. The molecule has 0 fully saturated rings. The van der Waals surface area contributed by atoms with Gasteiger partial charge in [-0.3, -0.25) is 4.79 Å². The van der Waals surface area contributed by atoms with E-state index in [-0.39, 0.29) is 5.91 Å². The first-order chi connectivity index (χ1) is 10.1. The molecule has 0 aliphatic heterocycles. The molecule has 0 N–H and O–H groups in total. The molecule has 1 aromatic carbocycles. The molecule has 0 saturated heterocycles. The maximum Gasteiger partial charge on any atom is 0.219 e. The second kappa shape index (κ2) is 7.11. The average Bonchev–Trinajstić information content (AvgIpc) is 2.86. The summed E-state index contributed by atoms with van der Waals surface area (Å²) in [5.74, 6) is 0.614. The summed E-state index contributed by atoms with van der Waals surface area (Å²) < 4.78 is 2.21. The third kappa shape index (κ3) is 4.48. The molecular formula is C18H24N2O. The Morgan fingerprint density at radius 3 is 2.48 bits per heavy atom.